The summed E-state index contributed by atoms with van der Waals surface area (Å²) in [6.45, 7) is 5.22. The number of halogens is 1. The number of fused-ring (bicyclic) bond motifs is 1. The molecule has 0 saturated heterocycles. The molecular formula is C28H31ClN8O3. The largest absolute Gasteiger partial charge is 0.403 e. The van der Waals surface area contributed by atoms with Crippen LogP contribution in [0.25, 0.3) is 11.3 Å². The Morgan fingerprint density at radius 3 is 2.75 bits per heavy atom. The van der Waals surface area contributed by atoms with Crippen LogP contribution in [0.1, 0.15) is 47.2 Å². The molecule has 0 bridgehead atoms. The summed E-state index contributed by atoms with van der Waals surface area (Å²) < 4.78 is 0. The minimum atomic E-state index is -0.786. The lowest BCUT2D eigenvalue weighted by Crippen LogP contribution is -2.46. The number of aliphatic hydroxyl groups is 1. The molecule has 11 nitrogen and oxygen atoms in total. The second-order valence-electron chi connectivity index (χ2n) is 9.33. The van der Waals surface area contributed by atoms with Gasteiger partial charge in [0.15, 0.2) is 0 Å². The summed E-state index contributed by atoms with van der Waals surface area (Å²) in [6.07, 6.45) is 2.84. The molecule has 1 aromatic carbocycles. The number of aliphatic hydroxyl groups excluding tert-OH is 1. The smallest absolute Gasteiger partial charge is 0.255 e. The summed E-state index contributed by atoms with van der Waals surface area (Å²) in [4.78, 5) is 45.3. The molecular weight excluding hydrogens is 532 g/mol. The van der Waals surface area contributed by atoms with E-state index < -0.39 is 18.0 Å². The Bertz CT molecular complexity index is 1510. The van der Waals surface area contributed by atoms with Gasteiger partial charge in [-0.05, 0) is 44.5 Å². The van der Waals surface area contributed by atoms with E-state index in [1.54, 1.807) is 33.0 Å². The van der Waals surface area contributed by atoms with Gasteiger partial charge in [0.1, 0.15) is 6.04 Å². The maximum atomic E-state index is 13.4. The lowest BCUT2D eigenvalue weighted by atomic mass is 10.0. The first-order valence-corrected chi connectivity index (χ1v) is 13.0. The zero-order valence-electron chi connectivity index (χ0n) is 22.6. The lowest BCUT2D eigenvalue weighted by Gasteiger charge is -2.25. The molecule has 0 unspecified atom stereocenters. The molecule has 0 fully saturated rings. The Balaban J connectivity index is 1.53. The Morgan fingerprint density at radius 2 is 2.08 bits per heavy atom. The van der Waals surface area contributed by atoms with Crippen LogP contribution in [0.5, 0.6) is 0 Å². The predicted octanol–water partition coefficient (Wildman–Crippen LogP) is 3.00. The van der Waals surface area contributed by atoms with E-state index in [0.29, 0.717) is 38.9 Å². The molecule has 3 aromatic rings. The van der Waals surface area contributed by atoms with Crippen molar-refractivity contribution in [2.24, 2.45) is 10.7 Å². The number of hydrogen-bond donors (Lipinski definition) is 4. The van der Waals surface area contributed by atoms with Crippen LogP contribution < -0.4 is 16.4 Å². The summed E-state index contributed by atoms with van der Waals surface area (Å²) in [6, 6.07) is 9.27. The van der Waals surface area contributed by atoms with Gasteiger partial charge in [0.2, 0.25) is 11.9 Å². The van der Waals surface area contributed by atoms with E-state index in [1.165, 1.54) is 17.3 Å². The summed E-state index contributed by atoms with van der Waals surface area (Å²) >= 11 is 6.43. The van der Waals surface area contributed by atoms with Crippen molar-refractivity contribution in [1.82, 2.24) is 25.2 Å². The first-order chi connectivity index (χ1) is 19.2. The van der Waals surface area contributed by atoms with Crippen molar-refractivity contribution in [3.8, 4) is 11.3 Å². The number of pyridine rings is 1. The molecule has 3 heterocycles. The number of amides is 2. The van der Waals surface area contributed by atoms with Crippen LogP contribution in [0.2, 0.25) is 5.02 Å². The van der Waals surface area contributed by atoms with Gasteiger partial charge in [0.05, 0.1) is 46.7 Å². The van der Waals surface area contributed by atoms with Gasteiger partial charge in [-0.1, -0.05) is 29.8 Å². The number of aryl methyl sites for hydroxylation is 1. The second-order valence-corrected chi connectivity index (χ2v) is 9.74. The number of benzene rings is 1. The molecule has 4 rings (SSSR count). The van der Waals surface area contributed by atoms with Gasteiger partial charge in [0, 0.05) is 36.6 Å². The predicted molar refractivity (Wildman–Crippen MR) is 154 cm³/mol. The highest BCUT2D eigenvalue weighted by molar-refractivity contribution is 6.33. The summed E-state index contributed by atoms with van der Waals surface area (Å²) in [7, 11) is 1.65. The fraction of sp³-hybridized carbons (Fsp3) is 0.286. The normalized spacial score (nSPS) is 15.1. The average Bonchev–Trinajstić information content (AvgIpc) is 3.29. The molecule has 2 aromatic heterocycles. The molecule has 1 aliphatic heterocycles. The zero-order valence-corrected chi connectivity index (χ0v) is 23.4. The number of nitrogens with one attached hydrogen (secondary N) is 2. The number of nitrogens with two attached hydrogens (primary N) is 1. The molecule has 5 N–H and O–H groups in total. The van der Waals surface area contributed by atoms with E-state index >= 15 is 0 Å². The molecule has 40 heavy (non-hydrogen) atoms. The summed E-state index contributed by atoms with van der Waals surface area (Å²) in [5, 5.41) is 16.0. The highest BCUT2D eigenvalue weighted by Gasteiger charge is 2.35. The molecule has 0 saturated carbocycles. The summed E-state index contributed by atoms with van der Waals surface area (Å²) in [5.74, 6) is -0.423. The van der Waals surface area contributed by atoms with E-state index in [0.717, 1.165) is 11.3 Å². The molecule has 1 aliphatic rings. The van der Waals surface area contributed by atoms with Crippen molar-refractivity contribution in [2.45, 2.75) is 39.4 Å². The van der Waals surface area contributed by atoms with Crippen LogP contribution in [0.15, 0.2) is 59.5 Å². The van der Waals surface area contributed by atoms with E-state index in [9.17, 15) is 14.7 Å². The maximum absolute atomic E-state index is 13.4. The third-order valence-corrected chi connectivity index (χ3v) is 6.99. The van der Waals surface area contributed by atoms with Crippen LogP contribution in [0.4, 0.5) is 5.95 Å². The lowest BCUT2D eigenvalue weighted by molar-refractivity contribution is -0.126. The molecule has 12 heteroatoms. The standard InChI is InChI=1S/C28H31ClN8O3/c1-15-6-5-7-22(33-15)24(14-38)34-26(39)17(3)37-13-19-9-8-18(10-20(19)27(37)40)25-21(29)12-32-28(36-25)35-23(11-30)16(2)31-4/h5-12,17,24,38H,13-14,30H2,1-4H3,(H,34,39)(H,32,35,36)/t17-,24-/m1/s1. The number of hydrogen-bond acceptors (Lipinski definition) is 9. The van der Waals surface area contributed by atoms with Crippen LogP contribution in [0, 0.1) is 6.92 Å². The van der Waals surface area contributed by atoms with Gasteiger partial charge in [-0.3, -0.25) is 19.6 Å². The van der Waals surface area contributed by atoms with Crippen LogP contribution >= 0.6 is 11.6 Å². The van der Waals surface area contributed by atoms with Crippen LogP contribution in [-0.2, 0) is 11.3 Å². The van der Waals surface area contributed by atoms with Crippen molar-refractivity contribution in [1.29, 1.82) is 0 Å². The molecule has 208 valence electrons. The number of carbonyl (C=O) groups is 2. The average molecular weight is 563 g/mol. The van der Waals surface area contributed by atoms with Gasteiger partial charge in [0.25, 0.3) is 5.91 Å². The Hall–Kier alpha value is -4.35. The number of anilines is 1. The molecule has 0 radical (unpaired) electrons. The summed E-state index contributed by atoms with van der Waals surface area (Å²) in [5.41, 5.74) is 10.5. The number of nitrogens with zero attached hydrogens (tertiary/aromatic N) is 5. The fourth-order valence-electron chi connectivity index (χ4n) is 4.31. The molecule has 0 aliphatic carbocycles. The van der Waals surface area contributed by atoms with Gasteiger partial charge in [-0.2, -0.15) is 0 Å². The number of rotatable bonds is 9. The quantitative estimate of drug-likeness (QED) is 0.290. The monoisotopic (exact) mass is 562 g/mol. The molecule has 0 spiro atoms. The third kappa shape index (κ3) is 5.95. The maximum Gasteiger partial charge on any atom is 0.255 e. The second kappa shape index (κ2) is 12.2. The topological polar surface area (TPSA) is 159 Å². The Morgan fingerprint density at radius 1 is 1.30 bits per heavy atom. The molecule has 2 amide bonds. The van der Waals surface area contributed by atoms with Crippen molar-refractivity contribution in [3.05, 3.63) is 82.0 Å². The third-order valence-electron chi connectivity index (χ3n) is 6.71. The van der Waals surface area contributed by atoms with E-state index in [1.807, 2.05) is 31.2 Å². The van der Waals surface area contributed by atoms with Crippen molar-refractivity contribution < 1.29 is 14.7 Å². The van der Waals surface area contributed by atoms with Crippen molar-refractivity contribution >= 4 is 35.1 Å². The number of aliphatic imine (C=N–C) groups is 1. The Kier molecular flexibility index (Phi) is 8.76. The highest BCUT2D eigenvalue weighted by Crippen LogP contribution is 2.32. The zero-order chi connectivity index (χ0) is 29.0. The molecule has 2 atom stereocenters. The van der Waals surface area contributed by atoms with Gasteiger partial charge in [-0.25, -0.2) is 9.97 Å². The van der Waals surface area contributed by atoms with Crippen LogP contribution in [-0.4, -0.2) is 62.2 Å². The minimum absolute atomic E-state index is 0.263. The first-order valence-electron chi connectivity index (χ1n) is 12.6. The van der Waals surface area contributed by atoms with Crippen molar-refractivity contribution in [2.75, 3.05) is 19.0 Å². The first kappa shape index (κ1) is 28.7. The van der Waals surface area contributed by atoms with Crippen LogP contribution in [0.3, 0.4) is 0 Å². The highest BCUT2D eigenvalue weighted by atomic mass is 35.5. The number of allylic oxidation sites excluding steroid dienone is 1. The van der Waals surface area contributed by atoms with E-state index in [4.69, 9.17) is 17.3 Å². The van der Waals surface area contributed by atoms with Gasteiger partial charge < -0.3 is 26.4 Å². The van der Waals surface area contributed by atoms with Crippen molar-refractivity contribution in [3.63, 3.8) is 0 Å². The number of carbonyl (C=O) groups excluding carboxylic acids is 2. The minimum Gasteiger partial charge on any atom is -0.403 e. The fourth-order valence-corrected chi connectivity index (χ4v) is 4.51. The SMILES string of the molecule is CN=C(C)C(=CN)Nc1ncc(Cl)c(-c2ccc3c(c2)C(=O)N([C@H](C)C(=O)N[C@H](CO)c2cccc(C)n2)C3)n1. The van der Waals surface area contributed by atoms with E-state index in [-0.39, 0.29) is 25.0 Å². The van der Waals surface area contributed by atoms with Gasteiger partial charge in [-0.15, -0.1) is 0 Å². The van der Waals surface area contributed by atoms with Gasteiger partial charge >= 0.3 is 0 Å². The van der Waals surface area contributed by atoms with E-state index in [2.05, 4.69) is 30.6 Å². The Labute approximate surface area is 237 Å². The number of aromatic nitrogens is 3.